The second-order valence-electron chi connectivity index (χ2n) is 5.64. The third-order valence-corrected chi connectivity index (χ3v) is 4.32. The van der Waals surface area contributed by atoms with Gasteiger partial charge in [0.25, 0.3) is 0 Å². The first kappa shape index (κ1) is 12.5. The van der Waals surface area contributed by atoms with E-state index in [1.165, 1.54) is 17.7 Å². The van der Waals surface area contributed by atoms with Crippen LogP contribution in [0.15, 0.2) is 30.3 Å². The number of hydrogen-bond acceptors (Lipinski definition) is 3. The highest BCUT2D eigenvalue weighted by Gasteiger charge is 2.36. The summed E-state index contributed by atoms with van der Waals surface area (Å²) in [5.74, 6) is 0. The molecule has 2 bridgehead atoms. The molecule has 2 heterocycles. The summed E-state index contributed by atoms with van der Waals surface area (Å²) >= 11 is 0. The Balaban J connectivity index is 1.72. The minimum atomic E-state index is -1.05. The van der Waals surface area contributed by atoms with Crippen molar-refractivity contribution in [3.05, 3.63) is 35.9 Å². The van der Waals surface area contributed by atoms with Gasteiger partial charge in [-0.25, -0.2) is 0 Å². The molecule has 4 heteroatoms. The number of hydrogen-bond donors (Lipinski definition) is 1. The van der Waals surface area contributed by atoms with E-state index in [1.54, 1.807) is 0 Å². The maximum absolute atomic E-state index is 11.4. The predicted octanol–water partition coefficient (Wildman–Crippen LogP) is 1.11. The molecule has 3 rings (SSSR count). The number of benzene rings is 1. The van der Waals surface area contributed by atoms with E-state index in [9.17, 15) is 9.90 Å². The minimum absolute atomic E-state index is 0.101. The molecule has 1 N–H and O–H groups in total. The number of rotatable bonds is 3. The van der Waals surface area contributed by atoms with Crippen LogP contribution in [0.3, 0.4) is 0 Å². The van der Waals surface area contributed by atoms with Gasteiger partial charge in [-0.2, -0.15) is 0 Å². The number of nitrogens with zero attached hydrogens (tertiary/aromatic N) is 1. The van der Waals surface area contributed by atoms with Gasteiger partial charge in [-0.3, -0.25) is 0 Å². The number of carbonyl (C=O) groups is 1. The van der Waals surface area contributed by atoms with Crippen LogP contribution in [-0.2, 0) is 6.54 Å². The summed E-state index contributed by atoms with van der Waals surface area (Å²) in [6.45, 7) is 0.438. The molecule has 1 amide bonds. The molecular formula is C15H19N2O2-. The average molecular weight is 259 g/mol. The first-order valence-corrected chi connectivity index (χ1v) is 7.00. The molecule has 0 aromatic heterocycles. The molecule has 2 saturated heterocycles. The quantitative estimate of drug-likeness (QED) is 0.885. The van der Waals surface area contributed by atoms with E-state index in [-0.39, 0.29) is 6.04 Å². The molecule has 1 aromatic rings. The fraction of sp³-hybridized carbons (Fsp3) is 0.533. The first-order valence-electron chi connectivity index (χ1n) is 7.00. The molecule has 2 aliphatic rings. The summed E-state index contributed by atoms with van der Waals surface area (Å²) in [7, 11) is 0. The SMILES string of the molecule is O=C([O-])N(Cc1ccccc1)C1CC2CCC(C1)N2. The lowest BCUT2D eigenvalue weighted by molar-refractivity contribution is -0.269. The van der Waals surface area contributed by atoms with Gasteiger partial charge in [0.1, 0.15) is 6.09 Å². The van der Waals surface area contributed by atoms with Gasteiger partial charge in [-0.05, 0) is 31.2 Å². The fourth-order valence-electron chi connectivity index (χ4n) is 3.40. The number of amides is 1. The van der Waals surface area contributed by atoms with Gasteiger partial charge in [0.15, 0.2) is 0 Å². The van der Waals surface area contributed by atoms with E-state index >= 15 is 0 Å². The molecule has 102 valence electrons. The van der Waals surface area contributed by atoms with Gasteiger partial charge < -0.3 is 20.1 Å². The van der Waals surface area contributed by atoms with Gasteiger partial charge in [0.2, 0.25) is 0 Å². The Labute approximate surface area is 113 Å². The molecule has 2 atom stereocenters. The van der Waals surface area contributed by atoms with Crippen LogP contribution in [0.2, 0.25) is 0 Å². The summed E-state index contributed by atoms with van der Waals surface area (Å²) < 4.78 is 0. The van der Waals surface area contributed by atoms with Crippen molar-refractivity contribution < 1.29 is 9.90 Å². The largest absolute Gasteiger partial charge is 0.530 e. The molecule has 2 fully saturated rings. The van der Waals surface area contributed by atoms with E-state index in [0.717, 1.165) is 18.4 Å². The van der Waals surface area contributed by atoms with Crippen molar-refractivity contribution in [2.24, 2.45) is 0 Å². The highest BCUT2D eigenvalue weighted by Crippen LogP contribution is 2.30. The Morgan fingerprint density at radius 3 is 2.42 bits per heavy atom. The Bertz CT molecular complexity index is 437. The highest BCUT2D eigenvalue weighted by atomic mass is 16.4. The zero-order chi connectivity index (χ0) is 13.2. The molecule has 2 aliphatic heterocycles. The second-order valence-corrected chi connectivity index (χ2v) is 5.64. The van der Waals surface area contributed by atoms with Crippen LogP contribution in [0.4, 0.5) is 4.79 Å². The monoisotopic (exact) mass is 259 g/mol. The summed E-state index contributed by atoms with van der Waals surface area (Å²) in [4.78, 5) is 12.9. The standard InChI is InChI=1S/C15H20N2O2/c18-15(19)17(10-11-4-2-1-3-5-11)14-8-12-6-7-13(9-14)16-12/h1-5,12-14,16H,6-10H2,(H,18,19)/p-1. The molecular weight excluding hydrogens is 240 g/mol. The lowest BCUT2D eigenvalue weighted by Crippen LogP contribution is -2.53. The van der Waals surface area contributed by atoms with Crippen LogP contribution in [-0.4, -0.2) is 29.1 Å². The van der Waals surface area contributed by atoms with Crippen LogP contribution in [0, 0.1) is 0 Å². The molecule has 1 aromatic carbocycles. The maximum atomic E-state index is 11.4. The van der Waals surface area contributed by atoms with Crippen molar-refractivity contribution in [3.8, 4) is 0 Å². The lowest BCUT2D eigenvalue weighted by atomic mass is 9.98. The summed E-state index contributed by atoms with van der Waals surface area (Å²) in [6, 6.07) is 10.8. The van der Waals surface area contributed by atoms with Crippen LogP contribution in [0.1, 0.15) is 31.2 Å². The third-order valence-electron chi connectivity index (χ3n) is 4.32. The van der Waals surface area contributed by atoms with Crippen LogP contribution in [0.5, 0.6) is 0 Å². The van der Waals surface area contributed by atoms with Gasteiger partial charge in [-0.1, -0.05) is 30.3 Å². The topological polar surface area (TPSA) is 55.4 Å². The van der Waals surface area contributed by atoms with Crippen LogP contribution < -0.4 is 10.4 Å². The number of fused-ring (bicyclic) bond motifs is 2. The number of carbonyl (C=O) groups excluding carboxylic acids is 1. The van der Waals surface area contributed by atoms with Crippen LogP contribution in [0.25, 0.3) is 0 Å². The molecule has 0 radical (unpaired) electrons. The second kappa shape index (κ2) is 5.21. The van der Waals surface area contributed by atoms with Crippen molar-refractivity contribution in [2.75, 3.05) is 0 Å². The number of carboxylic acid groups (broad SMARTS) is 1. The summed E-state index contributed by atoms with van der Waals surface area (Å²) in [5, 5.41) is 15.0. The van der Waals surface area contributed by atoms with Gasteiger partial charge in [0, 0.05) is 24.7 Å². The van der Waals surface area contributed by atoms with E-state index in [4.69, 9.17) is 0 Å². The Morgan fingerprint density at radius 1 is 1.21 bits per heavy atom. The van der Waals surface area contributed by atoms with Gasteiger partial charge in [-0.15, -0.1) is 0 Å². The molecule has 0 spiro atoms. The third kappa shape index (κ3) is 2.73. The van der Waals surface area contributed by atoms with Crippen molar-refractivity contribution in [2.45, 2.75) is 50.4 Å². The zero-order valence-corrected chi connectivity index (χ0v) is 10.9. The van der Waals surface area contributed by atoms with Crippen LogP contribution >= 0.6 is 0 Å². The first-order chi connectivity index (χ1) is 9.22. The molecule has 0 aliphatic carbocycles. The normalized spacial score (nSPS) is 29.2. The van der Waals surface area contributed by atoms with Crippen molar-refractivity contribution >= 4 is 6.09 Å². The predicted molar refractivity (Wildman–Crippen MR) is 70.3 cm³/mol. The van der Waals surface area contributed by atoms with E-state index in [1.807, 2.05) is 30.3 Å². The van der Waals surface area contributed by atoms with Crippen molar-refractivity contribution in [1.29, 1.82) is 0 Å². The van der Waals surface area contributed by atoms with Crippen molar-refractivity contribution in [1.82, 2.24) is 10.2 Å². The Morgan fingerprint density at radius 2 is 1.84 bits per heavy atom. The van der Waals surface area contributed by atoms with Gasteiger partial charge in [0.05, 0.1) is 0 Å². The van der Waals surface area contributed by atoms with Gasteiger partial charge >= 0.3 is 0 Å². The van der Waals surface area contributed by atoms with E-state index < -0.39 is 6.09 Å². The van der Waals surface area contributed by atoms with E-state index in [2.05, 4.69) is 5.32 Å². The number of piperidine rings is 1. The summed E-state index contributed by atoms with van der Waals surface area (Å²) in [5.41, 5.74) is 1.03. The molecule has 0 saturated carbocycles. The zero-order valence-electron chi connectivity index (χ0n) is 10.9. The maximum Gasteiger partial charge on any atom is 0.137 e. The smallest absolute Gasteiger partial charge is 0.137 e. The molecule has 2 unspecified atom stereocenters. The lowest BCUT2D eigenvalue weighted by Gasteiger charge is -2.39. The van der Waals surface area contributed by atoms with Crippen molar-refractivity contribution in [3.63, 3.8) is 0 Å². The highest BCUT2D eigenvalue weighted by molar-refractivity contribution is 5.63. The Hall–Kier alpha value is -1.55. The summed E-state index contributed by atoms with van der Waals surface area (Å²) in [6.07, 6.45) is 3.13. The minimum Gasteiger partial charge on any atom is -0.530 e. The number of nitrogens with one attached hydrogen (secondary N) is 1. The fourth-order valence-corrected chi connectivity index (χ4v) is 3.40. The molecule has 4 nitrogen and oxygen atoms in total. The molecule has 19 heavy (non-hydrogen) atoms. The Kier molecular flexibility index (Phi) is 3.42. The average Bonchev–Trinajstić information content (AvgIpc) is 2.76. The van der Waals surface area contributed by atoms with E-state index in [0.29, 0.717) is 18.6 Å².